The second kappa shape index (κ2) is 7.35. The van der Waals surface area contributed by atoms with Crippen LogP contribution in [0.4, 0.5) is 5.69 Å². The van der Waals surface area contributed by atoms with E-state index in [9.17, 15) is 19.2 Å². The highest BCUT2D eigenvalue weighted by Gasteiger charge is 2.61. The maximum absolute atomic E-state index is 13.2. The highest BCUT2D eigenvalue weighted by molar-refractivity contribution is 6.15. The summed E-state index contributed by atoms with van der Waals surface area (Å²) in [6.07, 6.45) is 1.66. The summed E-state index contributed by atoms with van der Waals surface area (Å²) in [5.41, 5.74) is -1.40. The molecule has 3 rings (SSSR count). The van der Waals surface area contributed by atoms with Crippen molar-refractivity contribution in [3.8, 4) is 0 Å². The predicted octanol–water partition coefficient (Wildman–Crippen LogP) is 1.61. The van der Waals surface area contributed by atoms with Gasteiger partial charge in [0.1, 0.15) is 0 Å². The average molecular weight is 399 g/mol. The van der Waals surface area contributed by atoms with Gasteiger partial charge in [-0.25, -0.2) is 4.79 Å². The van der Waals surface area contributed by atoms with Gasteiger partial charge in [-0.15, -0.1) is 6.58 Å². The van der Waals surface area contributed by atoms with Crippen molar-refractivity contribution in [2.24, 2.45) is 0 Å². The molecule has 2 heterocycles. The second-order valence-corrected chi connectivity index (χ2v) is 8.14. The van der Waals surface area contributed by atoms with Crippen LogP contribution in [0.15, 0.2) is 36.9 Å². The van der Waals surface area contributed by atoms with Crippen LogP contribution in [0, 0.1) is 0 Å². The average Bonchev–Trinajstić information content (AvgIpc) is 3.00. The van der Waals surface area contributed by atoms with Crippen LogP contribution in [0.25, 0.3) is 0 Å². The summed E-state index contributed by atoms with van der Waals surface area (Å²) in [5, 5.41) is 2.71. The first-order valence-corrected chi connectivity index (χ1v) is 9.45. The summed E-state index contributed by atoms with van der Waals surface area (Å²) in [5.74, 6) is -1.94. The van der Waals surface area contributed by atoms with E-state index in [2.05, 4.69) is 11.9 Å². The third-order valence-corrected chi connectivity index (χ3v) is 4.86. The Morgan fingerprint density at radius 1 is 1.28 bits per heavy atom. The zero-order valence-electron chi connectivity index (χ0n) is 16.9. The maximum atomic E-state index is 13.2. The maximum Gasteiger partial charge on any atom is 0.354 e. The first-order chi connectivity index (χ1) is 13.6. The zero-order valence-corrected chi connectivity index (χ0v) is 16.9. The molecule has 3 amide bonds. The van der Waals surface area contributed by atoms with E-state index in [-0.39, 0.29) is 31.2 Å². The Balaban J connectivity index is 1.98. The van der Waals surface area contributed by atoms with E-state index in [1.54, 1.807) is 24.3 Å². The molecular weight excluding hydrogens is 374 g/mol. The monoisotopic (exact) mass is 399 g/mol. The van der Waals surface area contributed by atoms with Gasteiger partial charge in [0.05, 0.1) is 11.3 Å². The van der Waals surface area contributed by atoms with Gasteiger partial charge in [0, 0.05) is 24.9 Å². The molecule has 1 N–H and O–H groups in total. The topological polar surface area (TPSA) is 96.0 Å². The molecule has 29 heavy (non-hydrogen) atoms. The third kappa shape index (κ3) is 3.50. The fourth-order valence-corrected chi connectivity index (χ4v) is 3.83. The van der Waals surface area contributed by atoms with E-state index in [1.165, 1.54) is 15.9 Å². The molecule has 1 aromatic carbocycles. The predicted molar refractivity (Wildman–Crippen MR) is 106 cm³/mol. The van der Waals surface area contributed by atoms with E-state index in [0.29, 0.717) is 11.3 Å². The number of hydrogen-bond donors (Lipinski definition) is 1. The molecule has 1 aromatic rings. The lowest BCUT2D eigenvalue weighted by molar-refractivity contribution is -0.160. The number of amides is 3. The van der Waals surface area contributed by atoms with E-state index < -0.39 is 29.7 Å². The highest BCUT2D eigenvalue weighted by Crippen LogP contribution is 2.44. The molecule has 2 aliphatic heterocycles. The fraction of sp³-hybridized carbons (Fsp3) is 0.429. The number of esters is 1. The van der Waals surface area contributed by atoms with Gasteiger partial charge in [0.25, 0.3) is 11.8 Å². The van der Waals surface area contributed by atoms with Crippen molar-refractivity contribution < 1.29 is 23.9 Å². The highest BCUT2D eigenvalue weighted by atomic mass is 16.5. The van der Waals surface area contributed by atoms with Crippen molar-refractivity contribution >= 4 is 29.4 Å². The molecule has 1 saturated heterocycles. The van der Waals surface area contributed by atoms with Crippen molar-refractivity contribution in [1.29, 1.82) is 0 Å². The summed E-state index contributed by atoms with van der Waals surface area (Å²) in [6, 6.07) is 6.65. The van der Waals surface area contributed by atoms with Gasteiger partial charge in [-0.3, -0.25) is 19.3 Å². The number of ether oxygens (including phenoxy) is 1. The van der Waals surface area contributed by atoms with Gasteiger partial charge in [-0.2, -0.15) is 0 Å². The van der Waals surface area contributed by atoms with E-state index in [0.717, 1.165) is 0 Å². The molecule has 0 bridgehead atoms. The lowest BCUT2D eigenvalue weighted by Crippen LogP contribution is -2.68. The number of nitrogens with one attached hydrogen (secondary N) is 1. The summed E-state index contributed by atoms with van der Waals surface area (Å²) in [6.45, 7) is 8.66. The van der Waals surface area contributed by atoms with Crippen LogP contribution in [0.3, 0.4) is 0 Å². The Hall–Kier alpha value is -3.16. The Morgan fingerprint density at radius 2 is 1.97 bits per heavy atom. The first kappa shape index (κ1) is 20.6. The number of fused-ring (bicyclic) bond motifs is 3. The van der Waals surface area contributed by atoms with Crippen molar-refractivity contribution in [2.45, 2.75) is 44.8 Å². The number of nitrogens with zero attached hydrogens (tertiary/aromatic N) is 2. The Kier molecular flexibility index (Phi) is 5.21. The molecular formula is C21H25N3O5. The first-order valence-electron chi connectivity index (χ1n) is 9.45. The van der Waals surface area contributed by atoms with Crippen LogP contribution >= 0.6 is 0 Å². The van der Waals surface area contributed by atoms with E-state index in [4.69, 9.17) is 4.74 Å². The number of hydrogen-bond acceptors (Lipinski definition) is 5. The molecule has 0 aromatic heterocycles. The quantitative estimate of drug-likeness (QED) is 0.599. The van der Waals surface area contributed by atoms with Gasteiger partial charge in [0.15, 0.2) is 6.61 Å². The number of benzene rings is 1. The van der Waals surface area contributed by atoms with Crippen molar-refractivity contribution in [1.82, 2.24) is 10.2 Å². The van der Waals surface area contributed by atoms with Gasteiger partial charge in [-0.05, 0) is 32.9 Å². The van der Waals surface area contributed by atoms with Crippen LogP contribution in [-0.4, -0.2) is 52.9 Å². The van der Waals surface area contributed by atoms with Crippen LogP contribution in [0.1, 0.15) is 44.0 Å². The minimum atomic E-state index is -1.63. The minimum Gasteiger partial charge on any atom is -0.452 e. The van der Waals surface area contributed by atoms with Crippen LogP contribution in [0.2, 0.25) is 0 Å². The zero-order chi connectivity index (χ0) is 21.4. The van der Waals surface area contributed by atoms with Crippen LogP contribution in [-0.2, 0) is 19.1 Å². The molecule has 1 atom stereocenters. The van der Waals surface area contributed by atoms with E-state index in [1.807, 2.05) is 20.8 Å². The molecule has 0 radical (unpaired) electrons. The second-order valence-electron chi connectivity index (χ2n) is 8.14. The van der Waals surface area contributed by atoms with Crippen LogP contribution < -0.4 is 10.2 Å². The SMILES string of the molecule is C=CCN1C(=O)c2ccccc2N2C(=O)CC[C@]12C(=O)OCC(=O)NC(C)(C)C. The molecule has 154 valence electrons. The number of para-hydroxylation sites is 1. The smallest absolute Gasteiger partial charge is 0.354 e. The number of carbonyl (C=O) groups is 4. The third-order valence-electron chi connectivity index (χ3n) is 4.86. The summed E-state index contributed by atoms with van der Waals surface area (Å²) < 4.78 is 5.31. The molecule has 8 heteroatoms. The molecule has 0 spiro atoms. The molecule has 0 aliphatic carbocycles. The van der Waals surface area contributed by atoms with Crippen molar-refractivity contribution in [3.63, 3.8) is 0 Å². The molecule has 0 unspecified atom stereocenters. The number of rotatable bonds is 5. The molecule has 8 nitrogen and oxygen atoms in total. The standard InChI is InChI=1S/C21H25N3O5/c1-5-12-23-18(27)14-8-6-7-9-15(14)24-17(26)10-11-21(23,24)19(28)29-13-16(25)22-20(2,3)4/h5-9H,1,10-13H2,2-4H3,(H,22,25)/t21-/m0/s1. The Labute approximate surface area is 169 Å². The Bertz CT molecular complexity index is 889. The Morgan fingerprint density at radius 3 is 2.62 bits per heavy atom. The van der Waals surface area contributed by atoms with Gasteiger partial charge < -0.3 is 15.0 Å². The fourth-order valence-electron chi connectivity index (χ4n) is 3.83. The van der Waals surface area contributed by atoms with Gasteiger partial charge >= 0.3 is 5.97 Å². The summed E-state index contributed by atoms with van der Waals surface area (Å²) >= 11 is 0. The largest absolute Gasteiger partial charge is 0.452 e. The van der Waals surface area contributed by atoms with Gasteiger partial charge in [-0.1, -0.05) is 18.2 Å². The normalized spacial score (nSPS) is 20.8. The molecule has 0 saturated carbocycles. The van der Waals surface area contributed by atoms with Gasteiger partial charge in [0.2, 0.25) is 11.6 Å². The van der Waals surface area contributed by atoms with Crippen molar-refractivity contribution in [2.75, 3.05) is 18.1 Å². The number of anilines is 1. The summed E-state index contributed by atoms with van der Waals surface area (Å²) in [4.78, 5) is 53.9. The molecule has 2 aliphatic rings. The lowest BCUT2D eigenvalue weighted by atomic mass is 9.96. The van der Waals surface area contributed by atoms with E-state index >= 15 is 0 Å². The lowest BCUT2D eigenvalue weighted by Gasteiger charge is -2.48. The summed E-state index contributed by atoms with van der Waals surface area (Å²) in [7, 11) is 0. The number of carbonyl (C=O) groups excluding carboxylic acids is 4. The van der Waals surface area contributed by atoms with Crippen molar-refractivity contribution in [3.05, 3.63) is 42.5 Å². The van der Waals surface area contributed by atoms with Crippen LogP contribution in [0.5, 0.6) is 0 Å². The minimum absolute atomic E-state index is 0.0558. The molecule has 1 fully saturated rings.